The van der Waals surface area contributed by atoms with Crippen LogP contribution in [0.4, 0.5) is 5.13 Å². The quantitative estimate of drug-likeness (QED) is 0.437. The Bertz CT molecular complexity index is 1330. The standard InChI is InChI=1S/C24H21N3O3S2/c1-27(2)32(29,30)21-14-12-20(13-15-21)23(28)26-24-25-22(16-31-24)19-10-8-18(9-11-19)17-6-4-3-5-7-17/h3-16H,1-2H3,(H,25,26,28). The molecule has 0 spiro atoms. The van der Waals surface area contributed by atoms with E-state index in [-0.39, 0.29) is 10.8 Å². The second-order valence-electron chi connectivity index (χ2n) is 7.25. The lowest BCUT2D eigenvalue weighted by atomic mass is 10.0. The zero-order chi connectivity index (χ0) is 22.7. The number of nitrogens with zero attached hydrogens (tertiary/aromatic N) is 2. The largest absolute Gasteiger partial charge is 0.298 e. The first-order chi connectivity index (χ1) is 15.3. The van der Waals surface area contributed by atoms with Crippen molar-refractivity contribution in [1.29, 1.82) is 0 Å². The molecule has 0 bridgehead atoms. The lowest BCUT2D eigenvalue weighted by Crippen LogP contribution is -2.22. The summed E-state index contributed by atoms with van der Waals surface area (Å²) < 4.78 is 25.5. The number of carbonyl (C=O) groups is 1. The molecule has 0 saturated heterocycles. The average molecular weight is 464 g/mol. The number of rotatable bonds is 6. The molecule has 8 heteroatoms. The number of hydrogen-bond acceptors (Lipinski definition) is 5. The van der Waals surface area contributed by atoms with Gasteiger partial charge in [-0.15, -0.1) is 11.3 Å². The summed E-state index contributed by atoms with van der Waals surface area (Å²) in [5.41, 5.74) is 4.36. The Balaban J connectivity index is 1.46. The van der Waals surface area contributed by atoms with Crippen LogP contribution in [0.2, 0.25) is 0 Å². The van der Waals surface area contributed by atoms with Crippen LogP contribution in [-0.4, -0.2) is 37.7 Å². The fourth-order valence-corrected chi connectivity index (χ4v) is 4.70. The second kappa shape index (κ2) is 9.04. The first kappa shape index (κ1) is 21.9. The van der Waals surface area contributed by atoms with E-state index in [1.54, 1.807) is 0 Å². The van der Waals surface area contributed by atoms with Gasteiger partial charge in [-0.25, -0.2) is 17.7 Å². The number of carbonyl (C=O) groups excluding carboxylic acids is 1. The van der Waals surface area contributed by atoms with Crippen LogP contribution in [0.15, 0.2) is 89.1 Å². The van der Waals surface area contributed by atoms with Gasteiger partial charge in [-0.1, -0.05) is 54.6 Å². The van der Waals surface area contributed by atoms with Gasteiger partial charge in [-0.3, -0.25) is 10.1 Å². The van der Waals surface area contributed by atoms with Crippen LogP contribution in [0, 0.1) is 0 Å². The van der Waals surface area contributed by atoms with Crippen LogP contribution >= 0.6 is 11.3 Å². The lowest BCUT2D eigenvalue weighted by molar-refractivity contribution is 0.102. The van der Waals surface area contributed by atoms with E-state index in [9.17, 15) is 13.2 Å². The summed E-state index contributed by atoms with van der Waals surface area (Å²) >= 11 is 1.33. The third-order valence-electron chi connectivity index (χ3n) is 4.91. The van der Waals surface area contributed by atoms with Crippen molar-refractivity contribution < 1.29 is 13.2 Å². The van der Waals surface area contributed by atoms with Crippen molar-refractivity contribution in [3.8, 4) is 22.4 Å². The summed E-state index contributed by atoms with van der Waals surface area (Å²) in [6, 6.07) is 24.1. The lowest BCUT2D eigenvalue weighted by Gasteiger charge is -2.11. The van der Waals surface area contributed by atoms with Gasteiger partial charge in [0.25, 0.3) is 5.91 Å². The molecular weight excluding hydrogens is 442 g/mol. The molecular formula is C24H21N3O3S2. The van der Waals surface area contributed by atoms with Crippen LogP contribution in [0.3, 0.4) is 0 Å². The van der Waals surface area contributed by atoms with Crippen molar-refractivity contribution >= 4 is 32.4 Å². The van der Waals surface area contributed by atoms with Gasteiger partial charge >= 0.3 is 0 Å². The molecule has 162 valence electrons. The van der Waals surface area contributed by atoms with Crippen molar-refractivity contribution in [2.45, 2.75) is 4.90 Å². The van der Waals surface area contributed by atoms with Crippen molar-refractivity contribution in [1.82, 2.24) is 9.29 Å². The Morgan fingerprint density at radius 3 is 2.06 bits per heavy atom. The molecule has 1 N–H and O–H groups in total. The van der Waals surface area contributed by atoms with Gasteiger partial charge in [0.1, 0.15) is 0 Å². The molecule has 0 fully saturated rings. The highest BCUT2D eigenvalue weighted by molar-refractivity contribution is 7.89. The van der Waals surface area contributed by atoms with Crippen LogP contribution in [0.5, 0.6) is 0 Å². The minimum Gasteiger partial charge on any atom is -0.298 e. The molecule has 0 aliphatic heterocycles. The Morgan fingerprint density at radius 1 is 0.844 bits per heavy atom. The van der Waals surface area contributed by atoms with Crippen molar-refractivity contribution in [3.05, 3.63) is 89.8 Å². The van der Waals surface area contributed by atoms with Gasteiger partial charge in [-0.2, -0.15) is 0 Å². The Hall–Kier alpha value is -3.33. The number of hydrogen-bond donors (Lipinski definition) is 1. The second-order valence-corrected chi connectivity index (χ2v) is 10.3. The highest BCUT2D eigenvalue weighted by atomic mass is 32.2. The average Bonchev–Trinajstić information content (AvgIpc) is 3.28. The van der Waals surface area contributed by atoms with E-state index in [0.29, 0.717) is 10.7 Å². The maximum atomic E-state index is 12.6. The summed E-state index contributed by atoms with van der Waals surface area (Å²) in [5, 5.41) is 5.14. The Morgan fingerprint density at radius 2 is 1.44 bits per heavy atom. The van der Waals surface area contributed by atoms with Gasteiger partial charge in [0.2, 0.25) is 10.0 Å². The van der Waals surface area contributed by atoms with E-state index in [4.69, 9.17) is 0 Å². The smallest absolute Gasteiger partial charge is 0.257 e. The molecule has 4 aromatic rings. The SMILES string of the molecule is CN(C)S(=O)(=O)c1ccc(C(=O)Nc2nc(-c3ccc(-c4ccccc4)cc3)cs2)cc1. The summed E-state index contributed by atoms with van der Waals surface area (Å²) in [7, 11) is -0.608. The van der Waals surface area contributed by atoms with E-state index >= 15 is 0 Å². The Kier molecular flexibility index (Phi) is 6.18. The zero-order valence-corrected chi connectivity index (χ0v) is 19.2. The highest BCUT2D eigenvalue weighted by Crippen LogP contribution is 2.28. The summed E-state index contributed by atoms with van der Waals surface area (Å²) in [4.78, 5) is 17.2. The fourth-order valence-electron chi connectivity index (χ4n) is 3.09. The number of thiazole rings is 1. The molecule has 0 saturated carbocycles. The van der Waals surface area contributed by atoms with Gasteiger partial charge in [0.05, 0.1) is 10.6 Å². The summed E-state index contributed by atoms with van der Waals surface area (Å²) in [5.74, 6) is -0.348. The number of sulfonamides is 1. The van der Waals surface area contributed by atoms with Gasteiger partial charge in [0.15, 0.2) is 5.13 Å². The minimum atomic E-state index is -3.54. The van der Waals surface area contributed by atoms with Crippen molar-refractivity contribution in [3.63, 3.8) is 0 Å². The molecule has 1 heterocycles. The van der Waals surface area contributed by atoms with E-state index in [0.717, 1.165) is 26.7 Å². The molecule has 0 atom stereocenters. The molecule has 1 amide bonds. The fraction of sp³-hybridized carbons (Fsp3) is 0.0833. The molecule has 1 aromatic heterocycles. The molecule has 6 nitrogen and oxygen atoms in total. The molecule has 0 radical (unpaired) electrons. The summed E-state index contributed by atoms with van der Waals surface area (Å²) in [6.45, 7) is 0. The van der Waals surface area contributed by atoms with Gasteiger partial charge in [-0.05, 0) is 35.4 Å². The summed E-state index contributed by atoms with van der Waals surface area (Å²) in [6.07, 6.45) is 0. The molecule has 0 aliphatic carbocycles. The third kappa shape index (κ3) is 4.62. The van der Waals surface area contributed by atoms with E-state index in [1.807, 2.05) is 47.8 Å². The van der Waals surface area contributed by atoms with Gasteiger partial charge in [0, 0.05) is 30.6 Å². The highest BCUT2D eigenvalue weighted by Gasteiger charge is 2.18. The minimum absolute atomic E-state index is 0.134. The molecule has 32 heavy (non-hydrogen) atoms. The first-order valence-electron chi connectivity index (χ1n) is 9.80. The van der Waals surface area contributed by atoms with Crippen LogP contribution in [0.1, 0.15) is 10.4 Å². The van der Waals surface area contributed by atoms with Crippen LogP contribution in [0.25, 0.3) is 22.4 Å². The van der Waals surface area contributed by atoms with Crippen LogP contribution < -0.4 is 5.32 Å². The molecule has 4 rings (SSSR count). The number of anilines is 1. The predicted octanol–water partition coefficient (Wildman–Crippen LogP) is 4.98. The van der Waals surface area contributed by atoms with Crippen molar-refractivity contribution in [2.24, 2.45) is 0 Å². The normalized spacial score (nSPS) is 11.5. The maximum Gasteiger partial charge on any atom is 0.257 e. The predicted molar refractivity (Wildman–Crippen MR) is 128 cm³/mol. The van der Waals surface area contributed by atoms with Gasteiger partial charge < -0.3 is 0 Å². The monoisotopic (exact) mass is 463 g/mol. The third-order valence-corrected chi connectivity index (χ3v) is 7.49. The van der Waals surface area contributed by atoms with E-state index in [2.05, 4.69) is 22.4 Å². The molecule has 3 aromatic carbocycles. The Labute approximate surface area is 191 Å². The van der Waals surface area contributed by atoms with Crippen LogP contribution in [-0.2, 0) is 10.0 Å². The molecule has 0 aliphatic rings. The first-order valence-corrected chi connectivity index (χ1v) is 12.1. The van der Waals surface area contributed by atoms with E-state index < -0.39 is 10.0 Å². The number of amides is 1. The topological polar surface area (TPSA) is 79.4 Å². The number of aromatic nitrogens is 1. The number of benzene rings is 3. The number of nitrogens with one attached hydrogen (secondary N) is 1. The van der Waals surface area contributed by atoms with Crippen molar-refractivity contribution in [2.75, 3.05) is 19.4 Å². The molecule has 0 unspecified atom stereocenters. The van der Waals surface area contributed by atoms with E-state index in [1.165, 1.54) is 49.7 Å². The zero-order valence-electron chi connectivity index (χ0n) is 17.5. The maximum absolute atomic E-state index is 12.6.